The van der Waals surface area contributed by atoms with E-state index in [-0.39, 0.29) is 0 Å². The Bertz CT molecular complexity index is 656. The first-order valence-corrected chi connectivity index (χ1v) is 7.63. The minimum absolute atomic E-state index is 2.88. The van der Waals surface area contributed by atoms with Crippen molar-refractivity contribution in [2.75, 3.05) is 0 Å². The van der Waals surface area contributed by atoms with E-state index in [1.54, 1.807) is 0 Å². The van der Waals surface area contributed by atoms with Crippen LogP contribution >= 0.6 is 0 Å². The molecule has 0 aliphatic rings. The summed E-state index contributed by atoms with van der Waals surface area (Å²) < 4.78 is 121. The van der Waals surface area contributed by atoms with Crippen LogP contribution in [0.3, 0.4) is 0 Å². The quantitative estimate of drug-likeness (QED) is 0.380. The number of halogens is 5. The van der Waals surface area contributed by atoms with E-state index in [0.29, 0.717) is 0 Å². The second-order valence-electron chi connectivity index (χ2n) is 2.57. The molecule has 2 N–H and O–H groups in total. The number of hydrogen-bond donors (Lipinski definition) is 2. The molecule has 0 rings (SSSR count). The SMILES string of the molecule is O=S(=O)(O)C(F)(F)S(=O)(=O)N(O)S(=O)(=O)C(F)(F)F. The molecule has 0 saturated carbocycles. The first-order valence-electron chi connectivity index (χ1n) is 3.31. The molecule has 17 heteroatoms. The second kappa shape index (κ2) is 4.45. The molecule has 0 aliphatic heterocycles. The van der Waals surface area contributed by atoms with Crippen molar-refractivity contribution in [3.63, 3.8) is 0 Å². The summed E-state index contributed by atoms with van der Waals surface area (Å²) in [5, 5.41) is 8.22. The monoisotopic (exact) mass is 359 g/mol. The number of sulfonamides is 2. The molecule has 116 valence electrons. The van der Waals surface area contributed by atoms with Crippen LogP contribution in [0.2, 0.25) is 0 Å². The van der Waals surface area contributed by atoms with E-state index >= 15 is 0 Å². The van der Waals surface area contributed by atoms with Crippen LogP contribution in [0.1, 0.15) is 0 Å². The molecule has 0 radical (unpaired) electrons. The molecule has 0 unspecified atom stereocenters. The van der Waals surface area contributed by atoms with Crippen LogP contribution in [-0.4, -0.2) is 49.0 Å². The molecule has 0 bridgehead atoms. The lowest BCUT2D eigenvalue weighted by atomic mass is 11.6. The van der Waals surface area contributed by atoms with E-state index in [2.05, 4.69) is 0 Å². The van der Waals surface area contributed by atoms with Crippen molar-refractivity contribution in [2.24, 2.45) is 0 Å². The van der Waals surface area contributed by atoms with Gasteiger partial charge in [0.1, 0.15) is 0 Å². The Balaban J connectivity index is 6.17. The van der Waals surface area contributed by atoms with Gasteiger partial charge in [-0.25, -0.2) is 8.42 Å². The molecule has 0 amide bonds. The van der Waals surface area contributed by atoms with Crippen LogP contribution in [0.15, 0.2) is 0 Å². The third kappa shape index (κ3) is 2.79. The molecule has 0 saturated heterocycles. The summed E-state index contributed by atoms with van der Waals surface area (Å²) >= 11 is 0. The fourth-order valence-corrected chi connectivity index (χ4v) is 3.79. The average Bonchev–Trinajstić information content (AvgIpc) is 2.12. The number of hydrogen-bond acceptors (Lipinski definition) is 7. The van der Waals surface area contributed by atoms with E-state index in [9.17, 15) is 47.2 Å². The summed E-state index contributed by atoms with van der Waals surface area (Å²) in [4.78, 5) is 0. The van der Waals surface area contributed by atoms with Crippen molar-refractivity contribution in [1.29, 1.82) is 0 Å². The van der Waals surface area contributed by atoms with E-state index in [0.717, 1.165) is 0 Å². The van der Waals surface area contributed by atoms with E-state index in [4.69, 9.17) is 9.76 Å². The predicted octanol–water partition coefficient (Wildman–Crippen LogP) is -0.705. The maximum atomic E-state index is 12.6. The summed E-state index contributed by atoms with van der Waals surface area (Å²) in [6.07, 6.45) is 0. The first-order chi connectivity index (χ1) is 7.90. The minimum atomic E-state index is -7.33. The van der Waals surface area contributed by atoms with Crippen molar-refractivity contribution in [1.82, 2.24) is 3.87 Å². The van der Waals surface area contributed by atoms with Crippen molar-refractivity contribution in [3.8, 4) is 0 Å². The predicted molar refractivity (Wildman–Crippen MR) is 44.0 cm³/mol. The summed E-state index contributed by atoms with van der Waals surface area (Å²) in [5.41, 5.74) is -6.52. The smallest absolute Gasteiger partial charge is 0.285 e. The average molecular weight is 359 g/mol. The van der Waals surface area contributed by atoms with Gasteiger partial charge in [-0.3, -0.25) is 9.76 Å². The highest BCUT2D eigenvalue weighted by atomic mass is 32.3. The largest absolute Gasteiger partial charge is 0.514 e. The summed E-state index contributed by atoms with van der Waals surface area (Å²) in [6.45, 7) is 0. The molecule has 0 aromatic carbocycles. The van der Waals surface area contributed by atoms with Gasteiger partial charge in [-0.15, -0.1) is 0 Å². The lowest BCUT2D eigenvalue weighted by Gasteiger charge is -2.20. The molecule has 0 atom stereocenters. The normalized spacial score (nSPS) is 15.8. The lowest BCUT2D eigenvalue weighted by Crippen LogP contribution is -2.51. The molecule has 0 spiro atoms. The van der Waals surface area contributed by atoms with Gasteiger partial charge in [-0.05, 0) is 0 Å². The summed E-state index contributed by atoms with van der Waals surface area (Å²) in [6, 6.07) is 0. The molecular weight excluding hydrogens is 357 g/mol. The topological polar surface area (TPSA) is 146 Å². The highest BCUT2D eigenvalue weighted by Crippen LogP contribution is 2.35. The van der Waals surface area contributed by atoms with Gasteiger partial charge in [-0.1, -0.05) is 0 Å². The van der Waals surface area contributed by atoms with Crippen molar-refractivity contribution < 1.29 is 57.0 Å². The number of rotatable bonds is 4. The van der Waals surface area contributed by atoms with Crippen LogP contribution in [0.4, 0.5) is 22.0 Å². The van der Waals surface area contributed by atoms with Crippen LogP contribution in [0.5, 0.6) is 0 Å². The standard InChI is InChI=1S/C2H2F5NO8S3/c3-1(4,5)17(10,11)8(9)18(12,13)2(6,7)19(14,15)16/h9H,(H,14,15,16). The van der Waals surface area contributed by atoms with Crippen LogP contribution < -0.4 is 0 Å². The van der Waals surface area contributed by atoms with Gasteiger partial charge in [0.15, 0.2) is 0 Å². The Morgan fingerprint density at radius 3 is 1.32 bits per heavy atom. The molecule has 9 nitrogen and oxygen atoms in total. The van der Waals surface area contributed by atoms with Gasteiger partial charge < -0.3 is 0 Å². The Morgan fingerprint density at radius 2 is 1.11 bits per heavy atom. The summed E-state index contributed by atoms with van der Waals surface area (Å²) in [7, 11) is -21.4. The highest BCUT2D eigenvalue weighted by Gasteiger charge is 2.66. The van der Waals surface area contributed by atoms with Gasteiger partial charge in [-0.2, -0.15) is 38.8 Å². The Hall–Kier alpha value is -0.620. The van der Waals surface area contributed by atoms with Crippen molar-refractivity contribution in [3.05, 3.63) is 0 Å². The Morgan fingerprint density at radius 1 is 0.789 bits per heavy atom. The molecule has 0 fully saturated rings. The van der Waals surface area contributed by atoms with Gasteiger partial charge in [0.05, 0.1) is 0 Å². The van der Waals surface area contributed by atoms with E-state index in [1.165, 1.54) is 0 Å². The molecule has 19 heavy (non-hydrogen) atoms. The maximum Gasteiger partial charge on any atom is 0.514 e. The molecule has 0 aliphatic carbocycles. The van der Waals surface area contributed by atoms with Gasteiger partial charge in [0, 0.05) is 3.87 Å². The Labute approximate surface area is 102 Å². The van der Waals surface area contributed by atoms with Crippen molar-refractivity contribution in [2.45, 2.75) is 10.1 Å². The van der Waals surface area contributed by atoms with Gasteiger partial charge in [0.2, 0.25) is 0 Å². The third-order valence-electron chi connectivity index (χ3n) is 1.30. The second-order valence-corrected chi connectivity index (χ2v) is 8.09. The third-order valence-corrected chi connectivity index (χ3v) is 6.35. The van der Waals surface area contributed by atoms with E-state index < -0.39 is 44.1 Å². The highest BCUT2D eigenvalue weighted by molar-refractivity contribution is 8.11. The lowest BCUT2D eigenvalue weighted by molar-refractivity contribution is -0.0589. The molecule has 0 heterocycles. The zero-order chi connectivity index (χ0) is 16.1. The first kappa shape index (κ1) is 18.4. The zero-order valence-corrected chi connectivity index (χ0v) is 10.4. The zero-order valence-electron chi connectivity index (χ0n) is 7.91. The number of nitrogens with zero attached hydrogens (tertiary/aromatic N) is 1. The fraction of sp³-hybridized carbons (Fsp3) is 1.00. The van der Waals surface area contributed by atoms with E-state index in [1.807, 2.05) is 0 Å². The van der Waals surface area contributed by atoms with Crippen LogP contribution in [0, 0.1) is 0 Å². The van der Waals surface area contributed by atoms with Gasteiger partial charge in [0.25, 0.3) is 0 Å². The molecular formula is C2H2F5NO8S3. The van der Waals surface area contributed by atoms with Gasteiger partial charge >= 0.3 is 40.3 Å². The van der Waals surface area contributed by atoms with Crippen molar-refractivity contribution >= 4 is 30.2 Å². The molecule has 0 aromatic heterocycles. The summed E-state index contributed by atoms with van der Waals surface area (Å²) in [5.74, 6) is 0. The maximum absolute atomic E-state index is 12.6. The molecule has 0 aromatic rings. The van der Waals surface area contributed by atoms with Crippen LogP contribution in [-0.2, 0) is 30.2 Å². The Kier molecular flexibility index (Phi) is 4.30. The fourth-order valence-electron chi connectivity index (χ4n) is 0.442. The number of alkyl halides is 5. The van der Waals surface area contributed by atoms with Crippen LogP contribution in [0.25, 0.3) is 0 Å². The minimum Gasteiger partial charge on any atom is -0.285 e.